The molecule has 1 aliphatic rings. The van der Waals surface area contributed by atoms with E-state index in [1.165, 1.54) is 12.7 Å². The maximum atomic E-state index is 5.88. The van der Waals surface area contributed by atoms with E-state index in [0.29, 0.717) is 11.9 Å². The Hall–Kier alpha value is -1.69. The van der Waals surface area contributed by atoms with Crippen molar-refractivity contribution in [3.05, 3.63) is 12.0 Å². The first-order chi connectivity index (χ1) is 8.27. The van der Waals surface area contributed by atoms with Crippen LogP contribution >= 0.6 is 0 Å². The molecule has 0 saturated carbocycles. The van der Waals surface area contributed by atoms with E-state index in [0.717, 1.165) is 36.2 Å². The molecular formula is C11H16N6. The number of nitrogens with zero attached hydrogens (tertiary/aromatic N) is 4. The molecule has 0 radical (unpaired) electrons. The quantitative estimate of drug-likeness (QED) is 0.754. The highest BCUT2D eigenvalue weighted by Crippen LogP contribution is 2.25. The SMILES string of the molecule is Cc1nn([C@@H]2CCCNC2)c2ncnc(N)c12. The number of nitrogen functional groups attached to an aromatic ring is 1. The molecule has 3 rings (SSSR count). The van der Waals surface area contributed by atoms with Gasteiger partial charge in [-0.2, -0.15) is 5.10 Å². The summed E-state index contributed by atoms with van der Waals surface area (Å²) in [7, 11) is 0. The van der Waals surface area contributed by atoms with Gasteiger partial charge >= 0.3 is 0 Å². The van der Waals surface area contributed by atoms with Crippen molar-refractivity contribution in [1.82, 2.24) is 25.1 Å². The van der Waals surface area contributed by atoms with Gasteiger partial charge in [0.15, 0.2) is 5.65 Å². The summed E-state index contributed by atoms with van der Waals surface area (Å²) in [4.78, 5) is 8.34. The topological polar surface area (TPSA) is 81.7 Å². The summed E-state index contributed by atoms with van der Waals surface area (Å²) in [6.45, 7) is 3.99. The van der Waals surface area contributed by atoms with Gasteiger partial charge in [0.05, 0.1) is 17.1 Å². The fraction of sp³-hybridized carbons (Fsp3) is 0.545. The van der Waals surface area contributed by atoms with Gasteiger partial charge in [0.2, 0.25) is 0 Å². The third-order valence-electron chi connectivity index (χ3n) is 3.31. The zero-order valence-corrected chi connectivity index (χ0v) is 9.85. The Kier molecular flexibility index (Phi) is 2.44. The summed E-state index contributed by atoms with van der Waals surface area (Å²) in [6, 6.07) is 0.370. The molecule has 90 valence electrons. The van der Waals surface area contributed by atoms with E-state index in [4.69, 9.17) is 5.73 Å². The molecule has 2 aromatic rings. The second-order valence-electron chi connectivity index (χ2n) is 4.49. The minimum atomic E-state index is 0.370. The Morgan fingerprint density at radius 2 is 2.35 bits per heavy atom. The number of aryl methyl sites for hydroxylation is 1. The lowest BCUT2D eigenvalue weighted by molar-refractivity contribution is 0.352. The van der Waals surface area contributed by atoms with Crippen molar-refractivity contribution in [2.75, 3.05) is 18.8 Å². The monoisotopic (exact) mass is 232 g/mol. The Balaban J connectivity index is 2.13. The van der Waals surface area contributed by atoms with Crippen LogP contribution in [0.15, 0.2) is 6.33 Å². The van der Waals surface area contributed by atoms with E-state index in [-0.39, 0.29) is 0 Å². The molecule has 0 spiro atoms. The first-order valence-corrected chi connectivity index (χ1v) is 5.93. The van der Waals surface area contributed by atoms with Crippen molar-refractivity contribution in [1.29, 1.82) is 0 Å². The van der Waals surface area contributed by atoms with Crippen LogP contribution in [0.5, 0.6) is 0 Å². The molecule has 1 aliphatic heterocycles. The molecule has 0 unspecified atom stereocenters. The van der Waals surface area contributed by atoms with E-state index in [2.05, 4.69) is 20.4 Å². The minimum Gasteiger partial charge on any atom is -0.383 e. The van der Waals surface area contributed by atoms with Crippen LogP contribution in [-0.2, 0) is 0 Å². The van der Waals surface area contributed by atoms with Gasteiger partial charge in [0.25, 0.3) is 0 Å². The molecule has 0 amide bonds. The van der Waals surface area contributed by atoms with E-state index in [1.807, 2.05) is 11.6 Å². The van der Waals surface area contributed by atoms with Crippen molar-refractivity contribution < 1.29 is 0 Å². The molecule has 1 saturated heterocycles. The fourth-order valence-corrected chi connectivity index (χ4v) is 2.47. The predicted molar refractivity (Wildman–Crippen MR) is 65.6 cm³/mol. The van der Waals surface area contributed by atoms with Crippen LogP contribution in [0, 0.1) is 6.92 Å². The molecule has 17 heavy (non-hydrogen) atoms. The lowest BCUT2D eigenvalue weighted by atomic mass is 10.1. The van der Waals surface area contributed by atoms with Crippen molar-refractivity contribution in [3.8, 4) is 0 Å². The zero-order chi connectivity index (χ0) is 11.8. The van der Waals surface area contributed by atoms with E-state index >= 15 is 0 Å². The zero-order valence-electron chi connectivity index (χ0n) is 9.85. The van der Waals surface area contributed by atoms with Crippen LogP contribution in [0.1, 0.15) is 24.6 Å². The van der Waals surface area contributed by atoms with Crippen LogP contribution in [0.25, 0.3) is 11.0 Å². The normalized spacial score (nSPS) is 20.9. The number of nitrogens with one attached hydrogen (secondary N) is 1. The molecule has 6 heteroatoms. The third-order valence-corrected chi connectivity index (χ3v) is 3.31. The number of hydrogen-bond donors (Lipinski definition) is 2. The molecule has 0 aromatic carbocycles. The Morgan fingerprint density at radius 3 is 3.12 bits per heavy atom. The highest BCUT2D eigenvalue weighted by molar-refractivity contribution is 5.87. The second-order valence-corrected chi connectivity index (χ2v) is 4.49. The average Bonchev–Trinajstić information content (AvgIpc) is 2.69. The predicted octanol–water partition coefficient (Wildman–Crippen LogP) is 0.641. The summed E-state index contributed by atoms with van der Waals surface area (Å²) in [6.07, 6.45) is 3.81. The molecule has 3 heterocycles. The van der Waals surface area contributed by atoms with Crippen LogP contribution in [0.3, 0.4) is 0 Å². The van der Waals surface area contributed by atoms with E-state index in [9.17, 15) is 0 Å². The molecule has 1 fully saturated rings. The van der Waals surface area contributed by atoms with Crippen molar-refractivity contribution in [3.63, 3.8) is 0 Å². The smallest absolute Gasteiger partial charge is 0.163 e. The number of piperidine rings is 1. The van der Waals surface area contributed by atoms with Crippen LogP contribution in [0.4, 0.5) is 5.82 Å². The van der Waals surface area contributed by atoms with E-state index < -0.39 is 0 Å². The summed E-state index contributed by atoms with van der Waals surface area (Å²) < 4.78 is 1.99. The van der Waals surface area contributed by atoms with Gasteiger partial charge in [0.1, 0.15) is 12.1 Å². The first kappa shape index (κ1) is 10.5. The third kappa shape index (κ3) is 1.64. The maximum absolute atomic E-state index is 5.88. The first-order valence-electron chi connectivity index (χ1n) is 5.93. The molecule has 2 aromatic heterocycles. The Bertz CT molecular complexity index is 540. The Labute approximate surface area is 99.2 Å². The highest BCUT2D eigenvalue weighted by Gasteiger charge is 2.20. The van der Waals surface area contributed by atoms with Crippen LogP contribution < -0.4 is 11.1 Å². The largest absolute Gasteiger partial charge is 0.383 e. The molecular weight excluding hydrogens is 216 g/mol. The standard InChI is InChI=1S/C11H16N6/c1-7-9-10(12)14-6-15-11(9)17(16-7)8-3-2-4-13-5-8/h6,8,13H,2-5H2,1H3,(H2,12,14,15)/t8-/m1/s1. The lowest BCUT2D eigenvalue weighted by Crippen LogP contribution is -2.32. The molecule has 6 nitrogen and oxygen atoms in total. The van der Waals surface area contributed by atoms with Crippen molar-refractivity contribution in [2.45, 2.75) is 25.8 Å². The summed E-state index contributed by atoms with van der Waals surface area (Å²) >= 11 is 0. The Morgan fingerprint density at radius 1 is 1.47 bits per heavy atom. The van der Waals surface area contributed by atoms with Gasteiger partial charge in [-0.05, 0) is 26.3 Å². The molecule has 1 atom stereocenters. The van der Waals surface area contributed by atoms with Crippen molar-refractivity contribution in [2.24, 2.45) is 0 Å². The van der Waals surface area contributed by atoms with Gasteiger partial charge < -0.3 is 11.1 Å². The molecule has 3 N–H and O–H groups in total. The van der Waals surface area contributed by atoms with Crippen LogP contribution in [0.2, 0.25) is 0 Å². The number of fused-ring (bicyclic) bond motifs is 1. The number of rotatable bonds is 1. The summed E-state index contributed by atoms with van der Waals surface area (Å²) in [5.41, 5.74) is 7.64. The highest BCUT2D eigenvalue weighted by atomic mass is 15.3. The van der Waals surface area contributed by atoms with Crippen molar-refractivity contribution >= 4 is 16.9 Å². The van der Waals surface area contributed by atoms with Gasteiger partial charge in [0, 0.05) is 6.54 Å². The number of aromatic nitrogens is 4. The second kappa shape index (κ2) is 3.96. The van der Waals surface area contributed by atoms with Gasteiger partial charge in [-0.25, -0.2) is 14.6 Å². The van der Waals surface area contributed by atoms with Crippen LogP contribution in [-0.4, -0.2) is 32.8 Å². The maximum Gasteiger partial charge on any atom is 0.163 e. The fourth-order valence-electron chi connectivity index (χ4n) is 2.47. The number of hydrogen-bond acceptors (Lipinski definition) is 5. The minimum absolute atomic E-state index is 0.370. The van der Waals surface area contributed by atoms with Gasteiger partial charge in [-0.3, -0.25) is 0 Å². The molecule has 0 aliphatic carbocycles. The number of anilines is 1. The van der Waals surface area contributed by atoms with Gasteiger partial charge in [-0.15, -0.1) is 0 Å². The van der Waals surface area contributed by atoms with E-state index in [1.54, 1.807) is 0 Å². The summed E-state index contributed by atoms with van der Waals surface area (Å²) in [5, 5.41) is 8.84. The summed E-state index contributed by atoms with van der Waals surface area (Å²) in [5.74, 6) is 0.516. The average molecular weight is 232 g/mol. The number of nitrogens with two attached hydrogens (primary N) is 1. The van der Waals surface area contributed by atoms with Gasteiger partial charge in [-0.1, -0.05) is 0 Å². The molecule has 0 bridgehead atoms. The lowest BCUT2D eigenvalue weighted by Gasteiger charge is -2.23.